The van der Waals surface area contributed by atoms with E-state index >= 15 is 0 Å². The van der Waals surface area contributed by atoms with Gasteiger partial charge in [0.15, 0.2) is 9.84 Å². The molecule has 1 amide bonds. The summed E-state index contributed by atoms with van der Waals surface area (Å²) in [6.45, 7) is 6.75. The van der Waals surface area contributed by atoms with Crippen molar-refractivity contribution in [2.24, 2.45) is 5.92 Å². The smallest absolute Gasteiger partial charge is 0.338 e. The van der Waals surface area contributed by atoms with Crippen molar-refractivity contribution < 1.29 is 23.1 Å². The zero-order chi connectivity index (χ0) is 26.7. The molecule has 0 spiro atoms. The number of aromatic nitrogens is 2. The Morgan fingerprint density at radius 1 is 1.08 bits per heavy atom. The Labute approximate surface area is 216 Å². The number of carboxylic acid groups (broad SMARTS) is 1. The van der Waals surface area contributed by atoms with Gasteiger partial charge in [0.2, 0.25) is 5.95 Å². The zero-order valence-corrected chi connectivity index (χ0v) is 21.8. The molecule has 37 heavy (non-hydrogen) atoms. The standard InChI is InChI=1S/C27H30N4O5S/c1-4-37(35,36)22-8-5-18(6-9-22)14-28-25(32)20-7-10-23-19(13-20)11-12-31(24(23)17(2)3)27-29-15-21(16-30-27)26(33)34/h5-10,13,15-17,24H,4,11-12,14H2,1-3H3,(H,28,32)(H,33,34)/t24-/m1/s1. The number of sulfone groups is 1. The number of hydrogen-bond donors (Lipinski definition) is 2. The molecule has 2 heterocycles. The molecule has 0 unspecified atom stereocenters. The first-order valence-electron chi connectivity index (χ1n) is 12.2. The summed E-state index contributed by atoms with van der Waals surface area (Å²) in [6.07, 6.45) is 3.33. The van der Waals surface area contributed by atoms with Gasteiger partial charge in [-0.2, -0.15) is 0 Å². The van der Waals surface area contributed by atoms with E-state index in [-0.39, 0.29) is 40.6 Å². The van der Waals surface area contributed by atoms with Crippen LogP contribution < -0.4 is 10.2 Å². The van der Waals surface area contributed by atoms with Gasteiger partial charge in [-0.15, -0.1) is 0 Å². The first kappa shape index (κ1) is 26.3. The second-order valence-corrected chi connectivity index (χ2v) is 11.6. The Morgan fingerprint density at radius 3 is 2.35 bits per heavy atom. The number of fused-ring (bicyclic) bond motifs is 1. The van der Waals surface area contributed by atoms with Gasteiger partial charge in [-0.25, -0.2) is 23.2 Å². The summed E-state index contributed by atoms with van der Waals surface area (Å²) in [5, 5.41) is 12.0. The number of aromatic carboxylic acids is 1. The lowest BCUT2D eigenvalue weighted by Gasteiger charge is -2.40. The van der Waals surface area contributed by atoms with Gasteiger partial charge in [0.05, 0.1) is 22.3 Å². The summed E-state index contributed by atoms with van der Waals surface area (Å²) in [5.41, 5.74) is 3.59. The fraction of sp³-hybridized carbons (Fsp3) is 0.333. The number of carbonyl (C=O) groups is 2. The van der Waals surface area contributed by atoms with Gasteiger partial charge in [0, 0.05) is 31.0 Å². The summed E-state index contributed by atoms with van der Waals surface area (Å²) in [7, 11) is -3.26. The van der Waals surface area contributed by atoms with Crippen LogP contribution in [-0.2, 0) is 22.8 Å². The van der Waals surface area contributed by atoms with Crippen LogP contribution in [0.4, 0.5) is 5.95 Å². The SMILES string of the molecule is CCS(=O)(=O)c1ccc(CNC(=O)c2ccc3c(c2)CCN(c2ncc(C(=O)O)cn2)[C@@H]3C(C)C)cc1. The third-order valence-corrected chi connectivity index (χ3v) is 8.32. The number of amides is 1. The number of anilines is 1. The second-order valence-electron chi connectivity index (χ2n) is 9.35. The van der Waals surface area contributed by atoms with Gasteiger partial charge < -0.3 is 15.3 Å². The summed E-state index contributed by atoms with van der Waals surface area (Å²) in [4.78, 5) is 35.0. The summed E-state index contributed by atoms with van der Waals surface area (Å²) < 4.78 is 24.0. The normalized spacial score (nSPS) is 15.4. The minimum atomic E-state index is -3.26. The third-order valence-electron chi connectivity index (χ3n) is 6.57. The lowest BCUT2D eigenvalue weighted by atomic mass is 9.85. The molecule has 1 aliphatic heterocycles. The van der Waals surface area contributed by atoms with Crippen LogP contribution in [0.2, 0.25) is 0 Å². The highest BCUT2D eigenvalue weighted by Crippen LogP contribution is 2.37. The average molecular weight is 523 g/mol. The van der Waals surface area contributed by atoms with Crippen molar-refractivity contribution in [1.29, 1.82) is 0 Å². The number of carbonyl (C=O) groups excluding carboxylic acids is 1. The maximum Gasteiger partial charge on any atom is 0.338 e. The van der Waals surface area contributed by atoms with Crippen molar-refractivity contribution >= 4 is 27.7 Å². The molecule has 0 saturated heterocycles. The van der Waals surface area contributed by atoms with E-state index in [0.29, 0.717) is 24.5 Å². The van der Waals surface area contributed by atoms with E-state index in [9.17, 15) is 18.0 Å². The predicted octanol–water partition coefficient (Wildman–Crippen LogP) is 3.66. The molecule has 2 aromatic carbocycles. The van der Waals surface area contributed by atoms with Crippen molar-refractivity contribution in [2.75, 3.05) is 17.2 Å². The van der Waals surface area contributed by atoms with Gasteiger partial charge in [-0.1, -0.05) is 39.0 Å². The molecular formula is C27H30N4O5S. The number of carboxylic acids is 1. The average Bonchev–Trinajstić information content (AvgIpc) is 2.90. The minimum Gasteiger partial charge on any atom is -0.478 e. The molecular weight excluding hydrogens is 492 g/mol. The van der Waals surface area contributed by atoms with Crippen LogP contribution in [-0.4, -0.2) is 47.7 Å². The van der Waals surface area contributed by atoms with Gasteiger partial charge in [0.25, 0.3) is 5.91 Å². The number of nitrogens with zero attached hydrogens (tertiary/aromatic N) is 3. The van der Waals surface area contributed by atoms with Crippen molar-refractivity contribution in [3.63, 3.8) is 0 Å². The monoisotopic (exact) mass is 522 g/mol. The largest absolute Gasteiger partial charge is 0.478 e. The molecule has 0 aliphatic carbocycles. The maximum atomic E-state index is 12.9. The molecule has 194 valence electrons. The topological polar surface area (TPSA) is 130 Å². The van der Waals surface area contributed by atoms with Crippen LogP contribution in [0.5, 0.6) is 0 Å². The lowest BCUT2D eigenvalue weighted by Crippen LogP contribution is -2.39. The van der Waals surface area contributed by atoms with Crippen LogP contribution in [0.1, 0.15) is 64.2 Å². The Morgan fingerprint density at radius 2 is 1.76 bits per heavy atom. The van der Waals surface area contributed by atoms with Crippen LogP contribution in [0.3, 0.4) is 0 Å². The molecule has 0 bridgehead atoms. The maximum absolute atomic E-state index is 12.9. The van der Waals surface area contributed by atoms with E-state index in [0.717, 1.165) is 16.7 Å². The molecule has 0 fully saturated rings. The summed E-state index contributed by atoms with van der Waals surface area (Å²) in [5.74, 6) is -0.525. The fourth-order valence-corrected chi connectivity index (χ4v) is 5.47. The predicted molar refractivity (Wildman–Crippen MR) is 139 cm³/mol. The molecule has 0 radical (unpaired) electrons. The Balaban J connectivity index is 1.48. The Hall–Kier alpha value is -3.79. The lowest BCUT2D eigenvalue weighted by molar-refractivity contribution is 0.0695. The summed E-state index contributed by atoms with van der Waals surface area (Å²) >= 11 is 0. The van der Waals surface area contributed by atoms with Gasteiger partial charge >= 0.3 is 5.97 Å². The number of hydrogen-bond acceptors (Lipinski definition) is 7. The molecule has 3 aromatic rings. The van der Waals surface area contributed by atoms with E-state index < -0.39 is 15.8 Å². The molecule has 2 N–H and O–H groups in total. The van der Waals surface area contributed by atoms with Crippen molar-refractivity contribution in [3.8, 4) is 0 Å². The number of benzene rings is 2. The Bertz CT molecular complexity index is 1400. The summed E-state index contributed by atoms with van der Waals surface area (Å²) in [6, 6.07) is 12.2. The Kier molecular flexibility index (Phi) is 7.58. The second kappa shape index (κ2) is 10.7. The molecule has 1 aliphatic rings. The first-order valence-corrected chi connectivity index (χ1v) is 13.8. The van der Waals surface area contributed by atoms with E-state index in [2.05, 4.69) is 34.0 Å². The zero-order valence-electron chi connectivity index (χ0n) is 21.0. The van der Waals surface area contributed by atoms with Crippen LogP contribution in [0.25, 0.3) is 0 Å². The van der Waals surface area contributed by atoms with E-state index in [4.69, 9.17) is 5.11 Å². The number of rotatable bonds is 8. The molecule has 4 rings (SSSR count). The fourth-order valence-electron chi connectivity index (χ4n) is 4.59. The molecule has 0 saturated carbocycles. The first-order chi connectivity index (χ1) is 17.6. The number of nitrogens with one attached hydrogen (secondary N) is 1. The molecule has 1 aromatic heterocycles. The van der Waals surface area contributed by atoms with E-state index in [1.54, 1.807) is 37.3 Å². The molecule has 10 heteroatoms. The van der Waals surface area contributed by atoms with Crippen molar-refractivity contribution in [2.45, 2.75) is 44.7 Å². The van der Waals surface area contributed by atoms with Crippen LogP contribution in [0, 0.1) is 5.92 Å². The molecule has 9 nitrogen and oxygen atoms in total. The third kappa shape index (κ3) is 5.64. The van der Waals surface area contributed by atoms with Crippen LogP contribution >= 0.6 is 0 Å². The minimum absolute atomic E-state index is 0.0190. The van der Waals surface area contributed by atoms with Gasteiger partial charge in [-0.05, 0) is 53.3 Å². The van der Waals surface area contributed by atoms with E-state index in [1.165, 1.54) is 12.4 Å². The molecule has 1 atom stereocenters. The highest BCUT2D eigenvalue weighted by Gasteiger charge is 2.32. The van der Waals surface area contributed by atoms with Gasteiger partial charge in [0.1, 0.15) is 0 Å². The highest BCUT2D eigenvalue weighted by molar-refractivity contribution is 7.91. The van der Waals surface area contributed by atoms with E-state index in [1.807, 2.05) is 12.1 Å². The highest BCUT2D eigenvalue weighted by atomic mass is 32.2. The van der Waals surface area contributed by atoms with Crippen LogP contribution in [0.15, 0.2) is 59.8 Å². The van der Waals surface area contributed by atoms with Crippen molar-refractivity contribution in [1.82, 2.24) is 15.3 Å². The van der Waals surface area contributed by atoms with Gasteiger partial charge in [-0.3, -0.25) is 4.79 Å². The quantitative estimate of drug-likeness (QED) is 0.459. The van der Waals surface area contributed by atoms with Crippen molar-refractivity contribution in [3.05, 3.63) is 82.7 Å².